The van der Waals surface area contributed by atoms with Crippen LogP contribution < -0.4 is 10.3 Å². The van der Waals surface area contributed by atoms with E-state index in [9.17, 15) is 4.79 Å². The summed E-state index contributed by atoms with van der Waals surface area (Å²) in [5.41, 5.74) is 2.51. The third-order valence-electron chi connectivity index (χ3n) is 3.34. The summed E-state index contributed by atoms with van der Waals surface area (Å²) in [6, 6.07) is 11.6. The van der Waals surface area contributed by atoms with Gasteiger partial charge in [-0.2, -0.15) is 0 Å². The standard InChI is InChI=1S/C17H20ClNO2/c1-3-11-21-15-8-5-13(6-9-15)16-10-7-14(12-18)17(20)19(16)4-2/h5-10H,3-4,11-12H2,1-2H3. The topological polar surface area (TPSA) is 31.2 Å². The van der Waals surface area contributed by atoms with Crippen LogP contribution in [0.2, 0.25) is 0 Å². The van der Waals surface area contributed by atoms with Crippen molar-refractivity contribution < 1.29 is 4.74 Å². The number of ether oxygens (including phenoxy) is 1. The minimum Gasteiger partial charge on any atom is -0.494 e. The molecular formula is C17H20ClNO2. The van der Waals surface area contributed by atoms with Crippen LogP contribution in [0.5, 0.6) is 5.75 Å². The number of nitrogens with zero attached hydrogens (tertiary/aromatic N) is 1. The Kier molecular flexibility index (Phi) is 5.45. The molecule has 0 saturated heterocycles. The van der Waals surface area contributed by atoms with Crippen LogP contribution in [0.3, 0.4) is 0 Å². The van der Waals surface area contributed by atoms with Gasteiger partial charge in [0.1, 0.15) is 5.75 Å². The molecule has 1 heterocycles. The summed E-state index contributed by atoms with van der Waals surface area (Å²) >= 11 is 5.80. The maximum absolute atomic E-state index is 12.3. The van der Waals surface area contributed by atoms with Crippen LogP contribution in [-0.4, -0.2) is 11.2 Å². The number of pyridine rings is 1. The van der Waals surface area contributed by atoms with Gasteiger partial charge in [-0.3, -0.25) is 4.79 Å². The molecule has 0 N–H and O–H groups in total. The molecule has 0 aliphatic rings. The molecule has 0 fully saturated rings. The maximum Gasteiger partial charge on any atom is 0.255 e. The van der Waals surface area contributed by atoms with Crippen molar-refractivity contribution in [2.45, 2.75) is 32.7 Å². The monoisotopic (exact) mass is 305 g/mol. The average Bonchev–Trinajstić information content (AvgIpc) is 2.53. The van der Waals surface area contributed by atoms with Crippen LogP contribution in [-0.2, 0) is 12.4 Å². The molecule has 21 heavy (non-hydrogen) atoms. The Labute approximate surface area is 130 Å². The van der Waals surface area contributed by atoms with Crippen molar-refractivity contribution in [3.05, 3.63) is 52.3 Å². The molecule has 2 rings (SSSR count). The molecule has 0 bridgehead atoms. The quantitative estimate of drug-likeness (QED) is 0.754. The molecular weight excluding hydrogens is 286 g/mol. The van der Waals surface area contributed by atoms with E-state index in [1.165, 1.54) is 0 Å². The summed E-state index contributed by atoms with van der Waals surface area (Å²) in [5, 5.41) is 0. The first-order valence-electron chi connectivity index (χ1n) is 7.23. The van der Waals surface area contributed by atoms with E-state index in [2.05, 4.69) is 6.92 Å². The highest BCUT2D eigenvalue weighted by atomic mass is 35.5. The number of aromatic nitrogens is 1. The second-order valence-corrected chi connectivity index (χ2v) is 5.07. The van der Waals surface area contributed by atoms with Gasteiger partial charge in [0.05, 0.1) is 18.2 Å². The number of hydrogen-bond donors (Lipinski definition) is 0. The summed E-state index contributed by atoms with van der Waals surface area (Å²) in [6.45, 7) is 5.37. The smallest absolute Gasteiger partial charge is 0.255 e. The Balaban J connectivity index is 2.37. The minimum absolute atomic E-state index is 0.0173. The number of hydrogen-bond acceptors (Lipinski definition) is 2. The van der Waals surface area contributed by atoms with Crippen molar-refractivity contribution in [3.63, 3.8) is 0 Å². The molecule has 3 nitrogen and oxygen atoms in total. The van der Waals surface area contributed by atoms with Gasteiger partial charge in [0.2, 0.25) is 0 Å². The largest absolute Gasteiger partial charge is 0.494 e. The van der Waals surface area contributed by atoms with Gasteiger partial charge < -0.3 is 9.30 Å². The third-order valence-corrected chi connectivity index (χ3v) is 3.62. The molecule has 4 heteroatoms. The van der Waals surface area contributed by atoms with Crippen molar-refractivity contribution in [3.8, 4) is 17.0 Å². The van der Waals surface area contributed by atoms with Crippen LogP contribution >= 0.6 is 11.6 Å². The molecule has 0 radical (unpaired) electrons. The zero-order chi connectivity index (χ0) is 15.2. The van der Waals surface area contributed by atoms with E-state index in [4.69, 9.17) is 16.3 Å². The number of alkyl halides is 1. The molecule has 1 aromatic heterocycles. The van der Waals surface area contributed by atoms with E-state index >= 15 is 0 Å². The highest BCUT2D eigenvalue weighted by molar-refractivity contribution is 6.17. The summed E-state index contributed by atoms with van der Waals surface area (Å²) in [6.07, 6.45) is 0.983. The van der Waals surface area contributed by atoms with Crippen molar-refractivity contribution in [2.24, 2.45) is 0 Å². The van der Waals surface area contributed by atoms with E-state index < -0.39 is 0 Å². The van der Waals surface area contributed by atoms with Gasteiger partial charge in [0.15, 0.2) is 0 Å². The summed E-state index contributed by atoms with van der Waals surface area (Å²) in [7, 11) is 0. The first kappa shape index (κ1) is 15.6. The van der Waals surface area contributed by atoms with E-state index in [0.29, 0.717) is 18.7 Å². The summed E-state index contributed by atoms with van der Waals surface area (Å²) in [4.78, 5) is 12.3. The molecule has 0 aliphatic heterocycles. The van der Waals surface area contributed by atoms with Gasteiger partial charge in [0.25, 0.3) is 5.56 Å². The molecule has 2 aromatic rings. The van der Waals surface area contributed by atoms with E-state index in [0.717, 1.165) is 23.4 Å². The lowest BCUT2D eigenvalue weighted by molar-refractivity contribution is 0.317. The van der Waals surface area contributed by atoms with Crippen molar-refractivity contribution in [1.82, 2.24) is 4.57 Å². The number of rotatable bonds is 6. The van der Waals surface area contributed by atoms with Crippen LogP contribution in [0.4, 0.5) is 0 Å². The second-order valence-electron chi connectivity index (χ2n) is 4.80. The minimum atomic E-state index is -0.0173. The fourth-order valence-corrected chi connectivity index (χ4v) is 2.44. The molecule has 112 valence electrons. The Morgan fingerprint density at radius 3 is 2.38 bits per heavy atom. The van der Waals surface area contributed by atoms with Gasteiger partial charge in [-0.25, -0.2) is 0 Å². The Morgan fingerprint density at radius 1 is 1.10 bits per heavy atom. The highest BCUT2D eigenvalue weighted by Gasteiger charge is 2.09. The van der Waals surface area contributed by atoms with Crippen LogP contribution in [0.1, 0.15) is 25.8 Å². The fourth-order valence-electron chi connectivity index (χ4n) is 2.23. The van der Waals surface area contributed by atoms with Gasteiger partial charge in [-0.1, -0.05) is 13.0 Å². The Bertz CT molecular complexity index is 647. The predicted octanol–water partition coefficient (Wildman–Crippen LogP) is 4.06. The zero-order valence-corrected chi connectivity index (χ0v) is 13.2. The van der Waals surface area contributed by atoms with Crippen LogP contribution in [0.25, 0.3) is 11.3 Å². The highest BCUT2D eigenvalue weighted by Crippen LogP contribution is 2.22. The van der Waals surface area contributed by atoms with Crippen molar-refractivity contribution >= 4 is 11.6 Å². The first-order valence-corrected chi connectivity index (χ1v) is 7.76. The number of halogens is 1. The lowest BCUT2D eigenvalue weighted by atomic mass is 10.1. The molecule has 1 aromatic carbocycles. The average molecular weight is 306 g/mol. The summed E-state index contributed by atoms with van der Waals surface area (Å²) in [5.74, 6) is 1.09. The lowest BCUT2D eigenvalue weighted by Crippen LogP contribution is -2.23. The molecule has 0 unspecified atom stereocenters. The zero-order valence-electron chi connectivity index (χ0n) is 12.4. The molecule has 0 atom stereocenters. The van der Waals surface area contributed by atoms with Gasteiger partial charge in [-0.05, 0) is 49.2 Å². The second kappa shape index (κ2) is 7.32. The fraction of sp³-hybridized carbons (Fsp3) is 0.353. The Morgan fingerprint density at radius 2 is 1.81 bits per heavy atom. The first-order chi connectivity index (χ1) is 10.2. The van der Waals surface area contributed by atoms with Gasteiger partial charge >= 0.3 is 0 Å². The lowest BCUT2D eigenvalue weighted by Gasteiger charge is -2.13. The van der Waals surface area contributed by atoms with E-state index in [1.54, 1.807) is 10.6 Å². The van der Waals surface area contributed by atoms with Crippen LogP contribution in [0.15, 0.2) is 41.2 Å². The van der Waals surface area contributed by atoms with E-state index in [1.807, 2.05) is 37.3 Å². The molecule has 0 spiro atoms. The maximum atomic E-state index is 12.3. The van der Waals surface area contributed by atoms with Gasteiger partial charge in [-0.15, -0.1) is 11.6 Å². The predicted molar refractivity (Wildman–Crippen MR) is 87.2 cm³/mol. The van der Waals surface area contributed by atoms with E-state index in [-0.39, 0.29) is 11.4 Å². The summed E-state index contributed by atoms with van der Waals surface area (Å²) < 4.78 is 7.33. The normalized spacial score (nSPS) is 10.6. The number of benzene rings is 1. The molecule has 0 saturated carbocycles. The Hall–Kier alpha value is -1.74. The third kappa shape index (κ3) is 3.48. The molecule has 0 aliphatic carbocycles. The van der Waals surface area contributed by atoms with Crippen LogP contribution in [0, 0.1) is 0 Å². The molecule has 0 amide bonds. The SMILES string of the molecule is CCCOc1ccc(-c2ccc(CCl)c(=O)n2CC)cc1. The van der Waals surface area contributed by atoms with Crippen molar-refractivity contribution in [2.75, 3.05) is 6.61 Å². The van der Waals surface area contributed by atoms with Crippen molar-refractivity contribution in [1.29, 1.82) is 0 Å². The van der Waals surface area contributed by atoms with Gasteiger partial charge in [0, 0.05) is 12.1 Å².